The number of hydrazone groups is 1. The van der Waals surface area contributed by atoms with Gasteiger partial charge in [0.15, 0.2) is 5.76 Å². The van der Waals surface area contributed by atoms with Gasteiger partial charge in [0.25, 0.3) is 6.43 Å². The van der Waals surface area contributed by atoms with Crippen LogP contribution in [0.2, 0.25) is 0 Å². The van der Waals surface area contributed by atoms with E-state index in [1.807, 2.05) is 0 Å². The zero-order chi connectivity index (χ0) is 17.8. The van der Waals surface area contributed by atoms with Crippen LogP contribution in [-0.2, 0) is 6.54 Å². The summed E-state index contributed by atoms with van der Waals surface area (Å²) in [6.45, 7) is 2.12. The number of nitrogens with zero attached hydrogens (tertiary/aromatic N) is 5. The molecule has 3 aromatic heterocycles. The Morgan fingerprint density at radius 2 is 2.24 bits per heavy atom. The van der Waals surface area contributed by atoms with Gasteiger partial charge in [-0.1, -0.05) is 0 Å². The molecular weight excluding hydrogens is 337 g/mol. The van der Waals surface area contributed by atoms with E-state index < -0.39 is 18.1 Å². The molecule has 3 rings (SSSR count). The third-order valence-corrected chi connectivity index (χ3v) is 3.21. The smallest absolute Gasteiger partial charge is 0.280 e. The number of halogens is 3. The van der Waals surface area contributed by atoms with Gasteiger partial charge < -0.3 is 4.42 Å². The molecule has 0 aliphatic heterocycles. The number of anilines is 1. The predicted octanol–water partition coefficient (Wildman–Crippen LogP) is 3.48. The highest BCUT2D eigenvalue weighted by atomic mass is 19.3. The Labute approximate surface area is 140 Å². The molecule has 10 heteroatoms. The van der Waals surface area contributed by atoms with Gasteiger partial charge in [0.1, 0.15) is 11.4 Å². The lowest BCUT2D eigenvalue weighted by Crippen LogP contribution is -2.03. The molecule has 0 fully saturated rings. The first-order valence-electron chi connectivity index (χ1n) is 7.30. The predicted molar refractivity (Wildman–Crippen MR) is 83.8 cm³/mol. The van der Waals surface area contributed by atoms with E-state index in [0.29, 0.717) is 12.3 Å². The van der Waals surface area contributed by atoms with Gasteiger partial charge in [-0.15, -0.1) is 0 Å². The summed E-state index contributed by atoms with van der Waals surface area (Å²) in [5.74, 6) is -0.401. The molecule has 0 aliphatic carbocycles. The fourth-order valence-electron chi connectivity index (χ4n) is 2.03. The second-order valence-corrected chi connectivity index (χ2v) is 4.86. The van der Waals surface area contributed by atoms with Gasteiger partial charge in [-0.2, -0.15) is 14.6 Å². The topological polar surface area (TPSA) is 81.1 Å². The first kappa shape index (κ1) is 16.7. The normalized spacial score (nSPS) is 11.6. The summed E-state index contributed by atoms with van der Waals surface area (Å²) in [6.07, 6.45) is 1.08. The van der Waals surface area contributed by atoms with Crippen LogP contribution in [0, 0.1) is 5.95 Å². The third-order valence-electron chi connectivity index (χ3n) is 3.21. The highest BCUT2D eigenvalue weighted by Gasteiger charge is 2.15. The highest BCUT2D eigenvalue weighted by molar-refractivity contribution is 5.79. The highest BCUT2D eigenvalue weighted by Crippen LogP contribution is 2.24. The number of aryl methyl sites for hydroxylation is 1. The average Bonchev–Trinajstić information content (AvgIpc) is 3.25. The standard InChI is InChI=1S/C15H13F3N6O/c1-2-24-14(18)9(8-20-24)7-19-23-15-21-10(12-4-3-5-25-12)6-11(22-15)13(16)17/h3-8,13H,2H2,1H3,(H,21,22,23)/b19-7+. The van der Waals surface area contributed by atoms with Crippen LogP contribution >= 0.6 is 0 Å². The zero-order valence-electron chi connectivity index (χ0n) is 13.0. The van der Waals surface area contributed by atoms with Crippen molar-refractivity contribution in [2.24, 2.45) is 5.10 Å². The van der Waals surface area contributed by atoms with E-state index in [9.17, 15) is 13.2 Å². The first-order chi connectivity index (χ1) is 12.1. The van der Waals surface area contributed by atoms with Crippen molar-refractivity contribution in [2.75, 3.05) is 5.43 Å². The lowest BCUT2D eigenvalue weighted by Gasteiger charge is -2.05. The minimum absolute atomic E-state index is 0.144. The number of aromatic nitrogens is 4. The van der Waals surface area contributed by atoms with Crippen molar-refractivity contribution in [1.29, 1.82) is 0 Å². The van der Waals surface area contributed by atoms with Crippen molar-refractivity contribution in [3.05, 3.63) is 47.9 Å². The van der Waals surface area contributed by atoms with Crippen LogP contribution in [0.5, 0.6) is 0 Å². The van der Waals surface area contributed by atoms with Crippen LogP contribution in [0.1, 0.15) is 24.6 Å². The summed E-state index contributed by atoms with van der Waals surface area (Å²) in [4.78, 5) is 7.73. The molecule has 7 nitrogen and oxygen atoms in total. The average molecular weight is 350 g/mol. The van der Waals surface area contributed by atoms with Crippen LogP contribution in [-0.4, -0.2) is 26.0 Å². The molecule has 130 valence electrons. The fraction of sp³-hybridized carbons (Fsp3) is 0.200. The Kier molecular flexibility index (Phi) is 4.78. The van der Waals surface area contributed by atoms with Crippen molar-refractivity contribution >= 4 is 12.2 Å². The maximum Gasteiger partial charge on any atom is 0.280 e. The number of nitrogens with one attached hydrogen (secondary N) is 1. The second kappa shape index (κ2) is 7.16. The van der Waals surface area contributed by atoms with Crippen LogP contribution in [0.25, 0.3) is 11.5 Å². The number of rotatable bonds is 6. The summed E-state index contributed by atoms with van der Waals surface area (Å²) in [5.41, 5.74) is 2.25. The molecule has 0 saturated carbocycles. The van der Waals surface area contributed by atoms with E-state index in [1.165, 1.54) is 18.7 Å². The van der Waals surface area contributed by atoms with E-state index in [0.717, 1.165) is 10.7 Å². The van der Waals surface area contributed by atoms with Gasteiger partial charge in [0.2, 0.25) is 11.9 Å². The Morgan fingerprint density at radius 3 is 2.88 bits per heavy atom. The Hall–Kier alpha value is -3.17. The lowest BCUT2D eigenvalue weighted by atomic mass is 10.2. The van der Waals surface area contributed by atoms with E-state index >= 15 is 0 Å². The third kappa shape index (κ3) is 3.67. The molecule has 3 heterocycles. The molecule has 1 N–H and O–H groups in total. The van der Waals surface area contributed by atoms with Crippen molar-refractivity contribution < 1.29 is 17.6 Å². The first-order valence-corrected chi connectivity index (χ1v) is 7.30. The summed E-state index contributed by atoms with van der Waals surface area (Å²) < 4.78 is 46.1. The van der Waals surface area contributed by atoms with Gasteiger partial charge in [0.05, 0.1) is 24.2 Å². The fourth-order valence-corrected chi connectivity index (χ4v) is 2.03. The lowest BCUT2D eigenvalue weighted by molar-refractivity contribution is 0.146. The zero-order valence-corrected chi connectivity index (χ0v) is 13.0. The summed E-state index contributed by atoms with van der Waals surface area (Å²) in [6, 6.07) is 4.32. The monoisotopic (exact) mass is 350 g/mol. The number of hydrogen-bond donors (Lipinski definition) is 1. The van der Waals surface area contributed by atoms with Gasteiger partial charge in [-0.25, -0.2) is 28.9 Å². The Bertz CT molecular complexity index is 876. The summed E-state index contributed by atoms with van der Waals surface area (Å²) in [7, 11) is 0. The van der Waals surface area contributed by atoms with Gasteiger partial charge in [0, 0.05) is 6.54 Å². The van der Waals surface area contributed by atoms with Crippen LogP contribution in [0.4, 0.5) is 19.1 Å². The van der Waals surface area contributed by atoms with E-state index in [2.05, 4.69) is 25.6 Å². The minimum Gasteiger partial charge on any atom is -0.463 e. The summed E-state index contributed by atoms with van der Waals surface area (Å²) >= 11 is 0. The molecule has 25 heavy (non-hydrogen) atoms. The van der Waals surface area contributed by atoms with Crippen molar-refractivity contribution in [1.82, 2.24) is 19.7 Å². The van der Waals surface area contributed by atoms with Crippen molar-refractivity contribution in [3.8, 4) is 11.5 Å². The second-order valence-electron chi connectivity index (χ2n) is 4.86. The molecule has 0 amide bonds. The van der Waals surface area contributed by atoms with Crippen molar-refractivity contribution in [2.45, 2.75) is 19.9 Å². The molecule has 0 saturated heterocycles. The molecule has 0 atom stereocenters. The number of alkyl halides is 2. The maximum atomic E-state index is 13.8. The van der Waals surface area contributed by atoms with Gasteiger partial charge in [-0.05, 0) is 25.1 Å². The van der Waals surface area contributed by atoms with Crippen LogP contribution < -0.4 is 5.43 Å². The van der Waals surface area contributed by atoms with Crippen LogP contribution in [0.3, 0.4) is 0 Å². The molecule has 0 aliphatic rings. The molecule has 0 spiro atoms. The Balaban J connectivity index is 1.84. The minimum atomic E-state index is -2.79. The van der Waals surface area contributed by atoms with Crippen molar-refractivity contribution in [3.63, 3.8) is 0 Å². The largest absolute Gasteiger partial charge is 0.463 e. The van der Waals surface area contributed by atoms with E-state index in [-0.39, 0.29) is 17.2 Å². The van der Waals surface area contributed by atoms with Gasteiger partial charge >= 0.3 is 0 Å². The molecule has 0 radical (unpaired) electrons. The molecule has 3 aromatic rings. The quantitative estimate of drug-likeness (QED) is 0.544. The Morgan fingerprint density at radius 1 is 1.40 bits per heavy atom. The van der Waals surface area contributed by atoms with Crippen LogP contribution in [0.15, 0.2) is 40.2 Å². The van der Waals surface area contributed by atoms with E-state index in [4.69, 9.17) is 4.42 Å². The molecular formula is C15H13F3N6O. The SMILES string of the molecule is CCn1ncc(/C=N/Nc2nc(-c3ccco3)cc(C(F)F)n2)c1F. The molecule has 0 bridgehead atoms. The molecule has 0 unspecified atom stereocenters. The maximum absolute atomic E-state index is 13.8. The number of hydrogen-bond acceptors (Lipinski definition) is 6. The number of furan rings is 1. The summed E-state index contributed by atoms with van der Waals surface area (Å²) in [5, 5.41) is 7.60. The van der Waals surface area contributed by atoms with Gasteiger partial charge in [-0.3, -0.25) is 0 Å². The molecule has 0 aromatic carbocycles. The van der Waals surface area contributed by atoms with E-state index in [1.54, 1.807) is 19.1 Å².